The van der Waals surface area contributed by atoms with Crippen LogP contribution in [-0.2, 0) is 4.79 Å². The van der Waals surface area contributed by atoms with Crippen LogP contribution in [0.1, 0.15) is 25.7 Å². The third-order valence-corrected chi connectivity index (χ3v) is 4.31. The van der Waals surface area contributed by atoms with Gasteiger partial charge < -0.3 is 4.90 Å². The SMILES string of the molecule is C=C1CCC(C(=O)N2CCSCC2)CC1. The van der Waals surface area contributed by atoms with E-state index in [4.69, 9.17) is 0 Å². The van der Waals surface area contributed by atoms with Crippen LogP contribution in [0, 0.1) is 5.92 Å². The van der Waals surface area contributed by atoms with Gasteiger partial charge in [-0.05, 0) is 25.7 Å². The van der Waals surface area contributed by atoms with Crippen molar-refractivity contribution in [3.8, 4) is 0 Å². The van der Waals surface area contributed by atoms with Crippen LogP contribution in [-0.4, -0.2) is 35.4 Å². The number of nitrogens with zero attached hydrogens (tertiary/aromatic N) is 1. The standard InChI is InChI=1S/C12H19NOS/c1-10-2-4-11(5-3-10)12(14)13-6-8-15-9-7-13/h11H,1-9H2. The molecule has 84 valence electrons. The van der Waals surface area contributed by atoms with Crippen LogP contribution in [0.25, 0.3) is 0 Å². The highest BCUT2D eigenvalue weighted by molar-refractivity contribution is 7.99. The normalized spacial score (nSPS) is 24.3. The molecule has 2 fully saturated rings. The number of carbonyl (C=O) groups excluding carboxylic acids is 1. The Morgan fingerprint density at radius 3 is 2.47 bits per heavy atom. The van der Waals surface area contributed by atoms with E-state index in [0.717, 1.165) is 50.3 Å². The molecule has 0 unspecified atom stereocenters. The second kappa shape index (κ2) is 5.06. The van der Waals surface area contributed by atoms with Crippen molar-refractivity contribution in [1.29, 1.82) is 0 Å². The third kappa shape index (κ3) is 2.77. The summed E-state index contributed by atoms with van der Waals surface area (Å²) in [4.78, 5) is 14.2. The van der Waals surface area contributed by atoms with Gasteiger partial charge in [-0.15, -0.1) is 0 Å². The van der Waals surface area contributed by atoms with Crippen molar-refractivity contribution in [1.82, 2.24) is 4.90 Å². The van der Waals surface area contributed by atoms with Gasteiger partial charge in [-0.3, -0.25) is 4.79 Å². The highest BCUT2D eigenvalue weighted by Crippen LogP contribution is 2.29. The van der Waals surface area contributed by atoms with Gasteiger partial charge in [0.2, 0.25) is 5.91 Å². The van der Waals surface area contributed by atoms with Crippen LogP contribution in [0.2, 0.25) is 0 Å². The number of carbonyl (C=O) groups is 1. The zero-order valence-corrected chi connectivity index (χ0v) is 10.0. The van der Waals surface area contributed by atoms with Gasteiger partial charge in [-0.1, -0.05) is 12.2 Å². The molecule has 2 aliphatic rings. The van der Waals surface area contributed by atoms with E-state index in [2.05, 4.69) is 11.5 Å². The van der Waals surface area contributed by atoms with E-state index in [1.165, 1.54) is 5.57 Å². The fourth-order valence-corrected chi connectivity index (χ4v) is 3.22. The Hall–Kier alpha value is -0.440. The topological polar surface area (TPSA) is 20.3 Å². The van der Waals surface area contributed by atoms with Crippen molar-refractivity contribution in [3.63, 3.8) is 0 Å². The largest absolute Gasteiger partial charge is 0.341 e. The molecule has 0 radical (unpaired) electrons. The molecule has 1 aliphatic heterocycles. The minimum atomic E-state index is 0.290. The monoisotopic (exact) mass is 225 g/mol. The fraction of sp³-hybridized carbons (Fsp3) is 0.750. The molecule has 0 N–H and O–H groups in total. The van der Waals surface area contributed by atoms with Crippen molar-refractivity contribution in [2.75, 3.05) is 24.6 Å². The van der Waals surface area contributed by atoms with Crippen LogP contribution in [0.15, 0.2) is 12.2 Å². The van der Waals surface area contributed by atoms with Crippen molar-refractivity contribution in [3.05, 3.63) is 12.2 Å². The number of hydrogen-bond acceptors (Lipinski definition) is 2. The van der Waals surface area contributed by atoms with Crippen LogP contribution >= 0.6 is 11.8 Å². The first-order valence-electron chi connectivity index (χ1n) is 5.80. The maximum Gasteiger partial charge on any atom is 0.225 e. The summed E-state index contributed by atoms with van der Waals surface area (Å²) in [7, 11) is 0. The molecule has 0 bridgehead atoms. The number of hydrogen-bond donors (Lipinski definition) is 0. The number of thioether (sulfide) groups is 1. The summed E-state index contributed by atoms with van der Waals surface area (Å²) in [5.41, 5.74) is 1.33. The predicted molar refractivity (Wildman–Crippen MR) is 65.0 cm³/mol. The number of rotatable bonds is 1. The molecule has 1 amide bonds. The molecule has 15 heavy (non-hydrogen) atoms. The van der Waals surface area contributed by atoms with E-state index >= 15 is 0 Å². The van der Waals surface area contributed by atoms with Crippen LogP contribution < -0.4 is 0 Å². The summed E-state index contributed by atoms with van der Waals surface area (Å²) in [6.45, 7) is 5.91. The first-order chi connectivity index (χ1) is 7.27. The first-order valence-corrected chi connectivity index (χ1v) is 6.96. The minimum Gasteiger partial charge on any atom is -0.341 e. The summed E-state index contributed by atoms with van der Waals surface area (Å²) in [6, 6.07) is 0. The van der Waals surface area contributed by atoms with Crippen molar-refractivity contribution < 1.29 is 4.79 Å². The Labute approximate surface area is 96.1 Å². The Kier molecular flexibility index (Phi) is 3.73. The maximum absolute atomic E-state index is 12.1. The molecule has 1 saturated carbocycles. The Morgan fingerprint density at radius 2 is 1.87 bits per heavy atom. The molecule has 2 rings (SSSR count). The third-order valence-electron chi connectivity index (χ3n) is 3.36. The Balaban J connectivity index is 1.86. The lowest BCUT2D eigenvalue weighted by Crippen LogP contribution is -2.42. The molecule has 0 aromatic rings. The molecule has 0 atom stereocenters. The number of amides is 1. The van der Waals surface area contributed by atoms with Gasteiger partial charge in [0.15, 0.2) is 0 Å². The molecular formula is C12H19NOS. The van der Waals surface area contributed by atoms with Gasteiger partial charge in [0, 0.05) is 30.5 Å². The van der Waals surface area contributed by atoms with Crippen molar-refractivity contribution in [2.24, 2.45) is 5.92 Å². The van der Waals surface area contributed by atoms with Crippen LogP contribution in [0.3, 0.4) is 0 Å². The Bertz CT molecular complexity index is 248. The Morgan fingerprint density at radius 1 is 1.27 bits per heavy atom. The van der Waals surface area contributed by atoms with Gasteiger partial charge in [0.1, 0.15) is 0 Å². The lowest BCUT2D eigenvalue weighted by molar-refractivity contribution is -0.135. The summed E-state index contributed by atoms with van der Waals surface area (Å²) >= 11 is 1.96. The van der Waals surface area contributed by atoms with E-state index < -0.39 is 0 Å². The molecule has 1 aliphatic carbocycles. The van der Waals surface area contributed by atoms with Gasteiger partial charge in [-0.2, -0.15) is 11.8 Å². The zero-order chi connectivity index (χ0) is 10.7. The molecule has 0 aromatic carbocycles. The summed E-state index contributed by atoms with van der Waals surface area (Å²) in [6.07, 6.45) is 4.17. The summed E-state index contributed by atoms with van der Waals surface area (Å²) in [5, 5.41) is 0. The lowest BCUT2D eigenvalue weighted by atomic mass is 9.85. The smallest absolute Gasteiger partial charge is 0.225 e. The second-order valence-corrected chi connectivity index (χ2v) is 5.69. The molecule has 0 aromatic heterocycles. The lowest BCUT2D eigenvalue weighted by Gasteiger charge is -2.32. The molecule has 2 nitrogen and oxygen atoms in total. The number of allylic oxidation sites excluding steroid dienone is 1. The van der Waals surface area contributed by atoms with E-state index in [0.29, 0.717) is 11.8 Å². The van der Waals surface area contributed by atoms with E-state index in [-0.39, 0.29) is 0 Å². The molecule has 1 heterocycles. The molecule has 0 spiro atoms. The second-order valence-electron chi connectivity index (χ2n) is 4.46. The van der Waals surface area contributed by atoms with E-state index in [9.17, 15) is 4.79 Å². The van der Waals surface area contributed by atoms with Gasteiger partial charge in [0.05, 0.1) is 0 Å². The van der Waals surface area contributed by atoms with E-state index in [1.807, 2.05) is 11.8 Å². The minimum absolute atomic E-state index is 0.290. The van der Waals surface area contributed by atoms with Gasteiger partial charge >= 0.3 is 0 Å². The quantitative estimate of drug-likeness (QED) is 0.638. The summed E-state index contributed by atoms with van der Waals surface area (Å²) in [5.74, 6) is 2.93. The van der Waals surface area contributed by atoms with Crippen LogP contribution in [0.4, 0.5) is 0 Å². The predicted octanol–water partition coefficient (Wildman–Crippen LogP) is 2.31. The zero-order valence-electron chi connectivity index (χ0n) is 9.21. The van der Waals surface area contributed by atoms with Crippen molar-refractivity contribution in [2.45, 2.75) is 25.7 Å². The maximum atomic E-state index is 12.1. The van der Waals surface area contributed by atoms with Crippen LogP contribution in [0.5, 0.6) is 0 Å². The first kappa shape index (κ1) is 11.1. The van der Waals surface area contributed by atoms with Gasteiger partial charge in [-0.25, -0.2) is 0 Å². The molecule has 3 heteroatoms. The van der Waals surface area contributed by atoms with Gasteiger partial charge in [0.25, 0.3) is 0 Å². The highest BCUT2D eigenvalue weighted by Gasteiger charge is 2.27. The molecular weight excluding hydrogens is 206 g/mol. The fourth-order valence-electron chi connectivity index (χ4n) is 2.31. The van der Waals surface area contributed by atoms with Crippen molar-refractivity contribution >= 4 is 17.7 Å². The molecule has 1 saturated heterocycles. The average molecular weight is 225 g/mol. The summed E-state index contributed by atoms with van der Waals surface area (Å²) < 4.78 is 0. The van der Waals surface area contributed by atoms with E-state index in [1.54, 1.807) is 0 Å². The average Bonchev–Trinajstić information content (AvgIpc) is 2.30. The highest BCUT2D eigenvalue weighted by atomic mass is 32.2.